The van der Waals surface area contributed by atoms with Crippen LogP contribution in [0.3, 0.4) is 0 Å². The summed E-state index contributed by atoms with van der Waals surface area (Å²) in [7, 11) is 0. The first kappa shape index (κ1) is 10.4. The summed E-state index contributed by atoms with van der Waals surface area (Å²) in [6.45, 7) is 3.15. The highest BCUT2D eigenvalue weighted by atomic mass is 32.1. The van der Waals surface area contributed by atoms with Gasteiger partial charge in [0, 0.05) is 17.5 Å². The highest BCUT2D eigenvalue weighted by Gasteiger charge is 2.03. The maximum atomic E-state index is 3.51. The molecule has 1 aromatic carbocycles. The molecule has 1 aromatic heterocycles. The minimum atomic E-state index is 0.410. The van der Waals surface area contributed by atoms with Crippen LogP contribution in [0.25, 0.3) is 0 Å². The Morgan fingerprint density at radius 3 is 2.60 bits per heavy atom. The molecular formula is C13H15NS. The standard InChI is InChI=1S/C13H15NS/c1-11(12-6-3-2-4-7-12)14-10-13-8-5-9-15-13/h2-9,11,14H,10H2,1H3. The van der Waals surface area contributed by atoms with Crippen molar-refractivity contribution in [3.63, 3.8) is 0 Å². The fourth-order valence-electron chi connectivity index (χ4n) is 1.53. The minimum absolute atomic E-state index is 0.410. The molecule has 2 heteroatoms. The summed E-state index contributed by atoms with van der Waals surface area (Å²) in [5, 5.41) is 5.63. The lowest BCUT2D eigenvalue weighted by Crippen LogP contribution is -2.17. The van der Waals surface area contributed by atoms with Crippen LogP contribution in [0.5, 0.6) is 0 Å². The maximum Gasteiger partial charge on any atom is 0.0305 e. The first-order chi connectivity index (χ1) is 7.36. The van der Waals surface area contributed by atoms with Crippen LogP contribution in [-0.2, 0) is 6.54 Å². The summed E-state index contributed by atoms with van der Waals surface area (Å²) in [6, 6.07) is 15.2. The largest absolute Gasteiger partial charge is 0.305 e. The molecule has 0 bridgehead atoms. The van der Waals surface area contributed by atoms with Crippen LogP contribution in [-0.4, -0.2) is 0 Å². The van der Waals surface area contributed by atoms with Crippen LogP contribution >= 0.6 is 11.3 Å². The topological polar surface area (TPSA) is 12.0 Å². The molecule has 1 atom stereocenters. The van der Waals surface area contributed by atoms with Crippen molar-refractivity contribution in [1.82, 2.24) is 5.32 Å². The zero-order valence-electron chi connectivity index (χ0n) is 8.81. The summed E-state index contributed by atoms with van der Waals surface area (Å²) in [5.74, 6) is 0. The Hall–Kier alpha value is -1.12. The van der Waals surface area contributed by atoms with Gasteiger partial charge in [0.25, 0.3) is 0 Å². The smallest absolute Gasteiger partial charge is 0.0305 e. The number of hydrogen-bond acceptors (Lipinski definition) is 2. The molecule has 1 heterocycles. The van der Waals surface area contributed by atoms with E-state index in [1.807, 2.05) is 0 Å². The molecule has 0 spiro atoms. The molecule has 2 aromatic rings. The van der Waals surface area contributed by atoms with Gasteiger partial charge in [-0.3, -0.25) is 0 Å². The van der Waals surface area contributed by atoms with Gasteiger partial charge in [0.1, 0.15) is 0 Å². The van der Waals surface area contributed by atoms with E-state index in [1.165, 1.54) is 10.4 Å². The maximum absolute atomic E-state index is 3.51. The predicted octanol–water partition coefficient (Wildman–Crippen LogP) is 3.60. The van der Waals surface area contributed by atoms with Gasteiger partial charge in [-0.2, -0.15) is 0 Å². The minimum Gasteiger partial charge on any atom is -0.305 e. The molecule has 78 valence electrons. The second-order valence-electron chi connectivity index (χ2n) is 3.59. The van der Waals surface area contributed by atoms with Gasteiger partial charge in [-0.05, 0) is 23.9 Å². The zero-order chi connectivity index (χ0) is 10.5. The van der Waals surface area contributed by atoms with E-state index in [9.17, 15) is 0 Å². The van der Waals surface area contributed by atoms with Gasteiger partial charge in [-0.1, -0.05) is 36.4 Å². The van der Waals surface area contributed by atoms with Crippen molar-refractivity contribution in [3.05, 3.63) is 58.3 Å². The van der Waals surface area contributed by atoms with Gasteiger partial charge in [0.15, 0.2) is 0 Å². The Balaban J connectivity index is 1.90. The molecule has 0 radical (unpaired) electrons. The number of rotatable bonds is 4. The monoisotopic (exact) mass is 217 g/mol. The lowest BCUT2D eigenvalue weighted by atomic mass is 10.1. The number of hydrogen-bond donors (Lipinski definition) is 1. The van der Waals surface area contributed by atoms with Crippen LogP contribution in [0.1, 0.15) is 23.4 Å². The van der Waals surface area contributed by atoms with E-state index in [0.717, 1.165) is 6.54 Å². The highest BCUT2D eigenvalue weighted by Crippen LogP contribution is 2.14. The van der Waals surface area contributed by atoms with Gasteiger partial charge < -0.3 is 5.32 Å². The van der Waals surface area contributed by atoms with Crippen molar-refractivity contribution in [2.45, 2.75) is 19.5 Å². The molecule has 0 saturated heterocycles. The molecule has 1 N–H and O–H groups in total. The highest BCUT2D eigenvalue weighted by molar-refractivity contribution is 7.09. The van der Waals surface area contributed by atoms with E-state index in [0.29, 0.717) is 6.04 Å². The summed E-state index contributed by atoms with van der Waals surface area (Å²) < 4.78 is 0. The Kier molecular flexibility index (Phi) is 3.54. The van der Waals surface area contributed by atoms with E-state index in [1.54, 1.807) is 11.3 Å². The average molecular weight is 217 g/mol. The molecule has 1 nitrogen and oxygen atoms in total. The second-order valence-corrected chi connectivity index (χ2v) is 4.62. The summed E-state index contributed by atoms with van der Waals surface area (Å²) in [4.78, 5) is 1.39. The molecule has 2 rings (SSSR count). The molecule has 0 amide bonds. The fourth-order valence-corrected chi connectivity index (χ4v) is 2.18. The molecule has 1 unspecified atom stereocenters. The zero-order valence-corrected chi connectivity index (χ0v) is 9.63. The fraction of sp³-hybridized carbons (Fsp3) is 0.231. The van der Waals surface area contributed by atoms with Crippen molar-refractivity contribution < 1.29 is 0 Å². The number of thiophene rings is 1. The van der Waals surface area contributed by atoms with Crippen LogP contribution < -0.4 is 5.32 Å². The van der Waals surface area contributed by atoms with Crippen molar-refractivity contribution >= 4 is 11.3 Å². The van der Waals surface area contributed by atoms with Crippen LogP contribution in [0, 0.1) is 0 Å². The van der Waals surface area contributed by atoms with Crippen molar-refractivity contribution in [1.29, 1.82) is 0 Å². The second kappa shape index (κ2) is 5.10. The van der Waals surface area contributed by atoms with E-state index in [4.69, 9.17) is 0 Å². The normalized spacial score (nSPS) is 12.6. The molecule has 15 heavy (non-hydrogen) atoms. The number of nitrogens with one attached hydrogen (secondary N) is 1. The molecule has 0 saturated carbocycles. The predicted molar refractivity (Wildman–Crippen MR) is 66.0 cm³/mol. The Morgan fingerprint density at radius 1 is 1.13 bits per heavy atom. The molecule has 0 aliphatic carbocycles. The van der Waals surface area contributed by atoms with Crippen molar-refractivity contribution in [2.75, 3.05) is 0 Å². The van der Waals surface area contributed by atoms with E-state index in [2.05, 4.69) is 60.1 Å². The first-order valence-corrected chi connectivity index (χ1v) is 6.05. The third kappa shape index (κ3) is 2.91. The SMILES string of the molecule is CC(NCc1cccs1)c1ccccc1. The average Bonchev–Trinajstić information content (AvgIpc) is 2.80. The number of benzene rings is 1. The first-order valence-electron chi connectivity index (χ1n) is 5.17. The molecular weight excluding hydrogens is 202 g/mol. The van der Waals surface area contributed by atoms with E-state index >= 15 is 0 Å². The van der Waals surface area contributed by atoms with E-state index in [-0.39, 0.29) is 0 Å². The quantitative estimate of drug-likeness (QED) is 0.825. The van der Waals surface area contributed by atoms with Crippen molar-refractivity contribution in [3.8, 4) is 0 Å². The third-order valence-corrected chi connectivity index (χ3v) is 3.34. The van der Waals surface area contributed by atoms with Gasteiger partial charge >= 0.3 is 0 Å². The molecule has 0 aliphatic rings. The van der Waals surface area contributed by atoms with Gasteiger partial charge in [-0.15, -0.1) is 11.3 Å². The Bertz CT molecular complexity index is 380. The Labute approximate surface area is 94.8 Å². The van der Waals surface area contributed by atoms with Gasteiger partial charge in [0.2, 0.25) is 0 Å². The van der Waals surface area contributed by atoms with Crippen LogP contribution in [0.15, 0.2) is 47.8 Å². The van der Waals surface area contributed by atoms with Crippen LogP contribution in [0.2, 0.25) is 0 Å². The lowest BCUT2D eigenvalue weighted by molar-refractivity contribution is 0.579. The van der Waals surface area contributed by atoms with Gasteiger partial charge in [-0.25, -0.2) is 0 Å². The van der Waals surface area contributed by atoms with E-state index < -0.39 is 0 Å². The lowest BCUT2D eigenvalue weighted by Gasteiger charge is -2.13. The molecule has 0 fully saturated rings. The summed E-state index contributed by atoms with van der Waals surface area (Å²) in [5.41, 5.74) is 1.34. The van der Waals surface area contributed by atoms with Crippen LogP contribution in [0.4, 0.5) is 0 Å². The third-order valence-electron chi connectivity index (χ3n) is 2.46. The summed E-state index contributed by atoms with van der Waals surface area (Å²) >= 11 is 1.80. The molecule has 0 aliphatic heterocycles. The van der Waals surface area contributed by atoms with Gasteiger partial charge in [0.05, 0.1) is 0 Å². The summed E-state index contributed by atoms with van der Waals surface area (Å²) in [6.07, 6.45) is 0. The van der Waals surface area contributed by atoms with Crippen molar-refractivity contribution in [2.24, 2.45) is 0 Å². The Morgan fingerprint density at radius 2 is 1.93 bits per heavy atom.